The highest BCUT2D eigenvalue weighted by atomic mass is 15.0. The molecule has 5 heteroatoms. The summed E-state index contributed by atoms with van der Waals surface area (Å²) in [5.74, 6) is 0.744. The third kappa shape index (κ3) is 2.64. The van der Waals surface area contributed by atoms with Crippen LogP contribution < -0.4 is 10.6 Å². The second kappa shape index (κ2) is 4.71. The van der Waals surface area contributed by atoms with E-state index in [9.17, 15) is 0 Å². The van der Waals surface area contributed by atoms with Crippen LogP contribution in [-0.4, -0.2) is 29.1 Å². The van der Waals surface area contributed by atoms with Crippen LogP contribution in [0.15, 0.2) is 12.4 Å². The molecule has 0 spiro atoms. The van der Waals surface area contributed by atoms with E-state index in [-0.39, 0.29) is 0 Å². The molecule has 0 amide bonds. The summed E-state index contributed by atoms with van der Waals surface area (Å²) < 4.78 is 0. The molecule has 1 aromatic rings. The summed E-state index contributed by atoms with van der Waals surface area (Å²) in [6, 6.07) is 4.14. The summed E-state index contributed by atoms with van der Waals surface area (Å²) in [6.07, 6.45) is 3.60. The Morgan fingerprint density at radius 2 is 2.20 bits per heavy atom. The largest absolute Gasteiger partial charge is 0.367 e. The Bertz CT molecular complexity index is 364. The Hall–Kier alpha value is -1.67. The molecule has 1 fully saturated rings. The van der Waals surface area contributed by atoms with E-state index < -0.39 is 0 Å². The highest BCUT2D eigenvalue weighted by molar-refractivity contribution is 5.39. The zero-order valence-corrected chi connectivity index (χ0v) is 8.40. The van der Waals surface area contributed by atoms with Crippen molar-refractivity contribution < 1.29 is 0 Å². The monoisotopic (exact) mass is 203 g/mol. The van der Waals surface area contributed by atoms with Gasteiger partial charge in [0.25, 0.3) is 0 Å². The van der Waals surface area contributed by atoms with Gasteiger partial charge in [0.15, 0.2) is 0 Å². The van der Waals surface area contributed by atoms with Crippen molar-refractivity contribution in [1.82, 2.24) is 15.3 Å². The van der Waals surface area contributed by atoms with Crippen LogP contribution in [0.1, 0.15) is 18.5 Å². The molecule has 0 bridgehead atoms. The van der Waals surface area contributed by atoms with Crippen LogP contribution >= 0.6 is 0 Å². The predicted octanol–water partition coefficient (Wildman–Crippen LogP) is 0.512. The maximum Gasteiger partial charge on any atom is 0.145 e. The van der Waals surface area contributed by atoms with E-state index >= 15 is 0 Å². The number of piperidine rings is 1. The van der Waals surface area contributed by atoms with Crippen molar-refractivity contribution in [2.75, 3.05) is 18.4 Å². The summed E-state index contributed by atoms with van der Waals surface area (Å²) in [5, 5.41) is 15.3. The molecular formula is C10H13N5. The Kier molecular flexibility index (Phi) is 3.10. The molecule has 0 saturated carbocycles. The average molecular weight is 203 g/mol. The molecule has 0 unspecified atom stereocenters. The lowest BCUT2D eigenvalue weighted by molar-refractivity contribution is 0.478. The molecule has 0 radical (unpaired) electrons. The number of rotatable bonds is 2. The van der Waals surface area contributed by atoms with Crippen molar-refractivity contribution in [1.29, 1.82) is 5.26 Å². The average Bonchev–Trinajstić information content (AvgIpc) is 2.31. The molecule has 2 N–H and O–H groups in total. The fraction of sp³-hybridized carbons (Fsp3) is 0.500. The molecule has 2 rings (SSSR count). The quantitative estimate of drug-likeness (QED) is 0.732. The maximum absolute atomic E-state index is 8.69. The number of nitriles is 1. The van der Waals surface area contributed by atoms with E-state index in [0.717, 1.165) is 31.7 Å². The first-order valence-electron chi connectivity index (χ1n) is 5.08. The molecular weight excluding hydrogens is 190 g/mol. The first-order valence-corrected chi connectivity index (χ1v) is 5.08. The molecule has 0 atom stereocenters. The molecule has 1 saturated heterocycles. The van der Waals surface area contributed by atoms with Crippen molar-refractivity contribution in [3.8, 4) is 6.07 Å². The molecule has 1 aliphatic rings. The van der Waals surface area contributed by atoms with Crippen LogP contribution in [0.3, 0.4) is 0 Å². The SMILES string of the molecule is N#Cc1cc(NC2CCNCC2)ncn1. The fourth-order valence-electron chi connectivity index (χ4n) is 1.67. The number of aromatic nitrogens is 2. The van der Waals surface area contributed by atoms with Crippen LogP contribution in [0, 0.1) is 11.3 Å². The molecule has 5 nitrogen and oxygen atoms in total. The molecule has 0 aliphatic carbocycles. The smallest absolute Gasteiger partial charge is 0.145 e. The van der Waals surface area contributed by atoms with Gasteiger partial charge in [0.1, 0.15) is 23.9 Å². The van der Waals surface area contributed by atoms with Gasteiger partial charge in [0.2, 0.25) is 0 Å². The first-order chi connectivity index (χ1) is 7.38. The molecule has 2 heterocycles. The van der Waals surface area contributed by atoms with Gasteiger partial charge < -0.3 is 10.6 Å². The van der Waals surface area contributed by atoms with Crippen molar-refractivity contribution in [2.24, 2.45) is 0 Å². The van der Waals surface area contributed by atoms with Gasteiger partial charge in [-0.05, 0) is 25.9 Å². The Labute approximate surface area is 88.5 Å². The highest BCUT2D eigenvalue weighted by Gasteiger charge is 2.12. The number of nitrogens with one attached hydrogen (secondary N) is 2. The van der Waals surface area contributed by atoms with Crippen LogP contribution in [0.4, 0.5) is 5.82 Å². The molecule has 0 aromatic carbocycles. The maximum atomic E-state index is 8.69. The van der Waals surface area contributed by atoms with Gasteiger partial charge in [-0.3, -0.25) is 0 Å². The van der Waals surface area contributed by atoms with E-state index in [2.05, 4.69) is 20.6 Å². The Morgan fingerprint density at radius 3 is 2.93 bits per heavy atom. The van der Waals surface area contributed by atoms with Gasteiger partial charge in [-0.1, -0.05) is 0 Å². The van der Waals surface area contributed by atoms with Crippen molar-refractivity contribution >= 4 is 5.82 Å². The van der Waals surface area contributed by atoms with Crippen LogP contribution in [0.25, 0.3) is 0 Å². The molecule has 1 aromatic heterocycles. The second-order valence-electron chi connectivity index (χ2n) is 3.57. The van der Waals surface area contributed by atoms with E-state index in [4.69, 9.17) is 5.26 Å². The Balaban J connectivity index is 2.00. The number of hydrogen-bond donors (Lipinski definition) is 2. The zero-order valence-electron chi connectivity index (χ0n) is 8.40. The van der Waals surface area contributed by atoms with Gasteiger partial charge in [-0.2, -0.15) is 5.26 Å². The van der Waals surface area contributed by atoms with Crippen LogP contribution in [0.5, 0.6) is 0 Å². The lowest BCUT2D eigenvalue weighted by Gasteiger charge is -2.23. The van der Waals surface area contributed by atoms with Crippen LogP contribution in [0.2, 0.25) is 0 Å². The standard InChI is InChI=1S/C10H13N5/c11-6-9-5-10(14-7-13-9)15-8-1-3-12-4-2-8/h5,7-8,12H,1-4H2,(H,13,14,15). The number of nitrogens with zero attached hydrogens (tertiary/aromatic N) is 3. The first kappa shape index (κ1) is 9.87. The summed E-state index contributed by atoms with van der Waals surface area (Å²) in [6.45, 7) is 2.07. The third-order valence-electron chi connectivity index (χ3n) is 2.47. The second-order valence-corrected chi connectivity index (χ2v) is 3.57. The molecule has 1 aliphatic heterocycles. The summed E-state index contributed by atoms with van der Waals surface area (Å²) in [4.78, 5) is 7.91. The zero-order chi connectivity index (χ0) is 10.5. The summed E-state index contributed by atoms with van der Waals surface area (Å²) >= 11 is 0. The van der Waals surface area contributed by atoms with Gasteiger partial charge in [0.05, 0.1) is 0 Å². The normalized spacial score (nSPS) is 17.0. The minimum atomic E-state index is 0.404. The lowest BCUT2D eigenvalue weighted by atomic mass is 10.1. The topological polar surface area (TPSA) is 73.6 Å². The van der Waals surface area contributed by atoms with Gasteiger partial charge in [-0.15, -0.1) is 0 Å². The number of anilines is 1. The summed E-state index contributed by atoms with van der Waals surface area (Å²) in [7, 11) is 0. The highest BCUT2D eigenvalue weighted by Crippen LogP contribution is 2.10. The van der Waals surface area contributed by atoms with Crippen molar-refractivity contribution in [3.63, 3.8) is 0 Å². The van der Waals surface area contributed by atoms with Crippen molar-refractivity contribution in [2.45, 2.75) is 18.9 Å². The van der Waals surface area contributed by atoms with E-state index in [1.165, 1.54) is 6.33 Å². The molecule has 15 heavy (non-hydrogen) atoms. The van der Waals surface area contributed by atoms with E-state index in [1.54, 1.807) is 6.07 Å². The van der Waals surface area contributed by atoms with Gasteiger partial charge in [-0.25, -0.2) is 9.97 Å². The third-order valence-corrected chi connectivity index (χ3v) is 2.47. The number of hydrogen-bond acceptors (Lipinski definition) is 5. The minimum Gasteiger partial charge on any atom is -0.367 e. The predicted molar refractivity (Wildman–Crippen MR) is 56.3 cm³/mol. The molecule has 78 valence electrons. The van der Waals surface area contributed by atoms with Crippen molar-refractivity contribution in [3.05, 3.63) is 18.1 Å². The van der Waals surface area contributed by atoms with Gasteiger partial charge in [0, 0.05) is 12.1 Å². The van der Waals surface area contributed by atoms with E-state index in [1.807, 2.05) is 6.07 Å². The summed E-state index contributed by atoms with van der Waals surface area (Å²) in [5.41, 5.74) is 0.404. The van der Waals surface area contributed by atoms with Crippen LogP contribution in [-0.2, 0) is 0 Å². The minimum absolute atomic E-state index is 0.404. The fourth-order valence-corrected chi connectivity index (χ4v) is 1.67. The van der Waals surface area contributed by atoms with Gasteiger partial charge >= 0.3 is 0 Å². The van der Waals surface area contributed by atoms with E-state index in [0.29, 0.717) is 11.7 Å². The lowest BCUT2D eigenvalue weighted by Crippen LogP contribution is -2.35. The Morgan fingerprint density at radius 1 is 1.40 bits per heavy atom.